The van der Waals surface area contributed by atoms with Gasteiger partial charge in [-0.15, -0.1) is 0 Å². The lowest BCUT2D eigenvalue weighted by Crippen LogP contribution is -2.42. The highest BCUT2D eigenvalue weighted by Crippen LogP contribution is 2.28. The van der Waals surface area contributed by atoms with E-state index in [2.05, 4.69) is 0 Å². The van der Waals surface area contributed by atoms with Crippen molar-refractivity contribution in [1.82, 2.24) is 4.90 Å². The third-order valence-electron chi connectivity index (χ3n) is 2.84. The van der Waals surface area contributed by atoms with E-state index in [1.807, 2.05) is 50.3 Å². The molecule has 1 aromatic carbocycles. The first kappa shape index (κ1) is 16.2. The Morgan fingerprint density at radius 2 is 1.79 bits per heavy atom. The number of carbonyl (C=O) groups excluding carboxylic acids is 1. The molecule has 5 heteroatoms. The molecule has 0 aliphatic carbocycles. The lowest BCUT2D eigenvalue weighted by Gasteiger charge is -2.31. The molecule has 0 N–H and O–H groups in total. The van der Waals surface area contributed by atoms with Gasteiger partial charge in [0.2, 0.25) is 0 Å². The molecule has 0 atom stereocenters. The minimum absolute atomic E-state index is 0.00512. The molecule has 106 valence electrons. The third-order valence-corrected chi connectivity index (χ3v) is 3.67. The molecule has 3 nitrogen and oxygen atoms in total. The summed E-state index contributed by atoms with van der Waals surface area (Å²) in [6.45, 7) is 7.65. The second-order valence-corrected chi connectivity index (χ2v) is 6.00. The summed E-state index contributed by atoms with van der Waals surface area (Å²) < 4.78 is 19.8. The summed E-state index contributed by atoms with van der Waals surface area (Å²) in [5, 5.41) is 0. The van der Waals surface area contributed by atoms with Gasteiger partial charge in [0.1, 0.15) is 11.3 Å². The first-order valence-corrected chi connectivity index (χ1v) is 7.23. The molecule has 0 saturated carbocycles. The Hall–Kier alpha value is -0.850. The summed E-state index contributed by atoms with van der Waals surface area (Å²) >= 11 is 1.87. The Balaban J connectivity index is 3.35. The lowest BCUT2D eigenvalue weighted by molar-refractivity contribution is 0.0635. The number of hydrogen-bond acceptors (Lipinski definition) is 2. The van der Waals surface area contributed by atoms with Crippen molar-refractivity contribution in [2.24, 2.45) is 0 Å². The number of nitrogens with zero attached hydrogens (tertiary/aromatic N) is 1. The zero-order chi connectivity index (χ0) is 14.7. The average molecular weight is 379 g/mol. The molecule has 0 spiro atoms. The fraction of sp³-hybridized carbons (Fsp3) is 0.500. The van der Waals surface area contributed by atoms with Crippen molar-refractivity contribution in [1.29, 1.82) is 0 Å². The van der Waals surface area contributed by atoms with Crippen molar-refractivity contribution in [2.75, 3.05) is 7.11 Å². The quantitative estimate of drug-likeness (QED) is 0.747. The number of benzene rings is 1. The van der Waals surface area contributed by atoms with E-state index in [9.17, 15) is 9.18 Å². The summed E-state index contributed by atoms with van der Waals surface area (Å²) in [6, 6.07) is 3.21. The van der Waals surface area contributed by atoms with Crippen molar-refractivity contribution in [3.8, 4) is 5.75 Å². The summed E-state index contributed by atoms with van der Waals surface area (Å²) in [7, 11) is 1.44. The van der Waals surface area contributed by atoms with Gasteiger partial charge in [0.05, 0.1) is 7.11 Å². The number of halogens is 2. The summed E-state index contributed by atoms with van der Waals surface area (Å²) in [5.74, 6) is -0.580. The van der Waals surface area contributed by atoms with Gasteiger partial charge in [-0.05, 0) is 62.4 Å². The molecular formula is C14H19FINO2. The highest BCUT2D eigenvalue weighted by Gasteiger charge is 2.28. The monoisotopic (exact) mass is 379 g/mol. The first-order chi connectivity index (χ1) is 8.81. The first-order valence-electron chi connectivity index (χ1n) is 6.15. The average Bonchev–Trinajstić information content (AvgIpc) is 2.31. The van der Waals surface area contributed by atoms with E-state index in [4.69, 9.17) is 4.74 Å². The second kappa shape index (κ2) is 6.54. The number of hydrogen-bond donors (Lipinski definition) is 0. The van der Waals surface area contributed by atoms with Crippen LogP contribution in [-0.4, -0.2) is 30.0 Å². The Morgan fingerprint density at radius 3 is 2.21 bits per heavy atom. The molecule has 1 amide bonds. The van der Waals surface area contributed by atoms with E-state index in [-0.39, 0.29) is 29.3 Å². The molecule has 0 fully saturated rings. The van der Waals surface area contributed by atoms with Crippen LogP contribution in [0.15, 0.2) is 12.1 Å². The molecular weight excluding hydrogens is 360 g/mol. The topological polar surface area (TPSA) is 29.5 Å². The van der Waals surface area contributed by atoms with Gasteiger partial charge in [0.15, 0.2) is 5.82 Å². The number of ether oxygens (including phenoxy) is 1. The molecule has 0 heterocycles. The fourth-order valence-electron chi connectivity index (χ4n) is 2.10. The maximum Gasteiger partial charge on any atom is 0.261 e. The minimum atomic E-state index is -0.517. The van der Waals surface area contributed by atoms with Crippen molar-refractivity contribution in [3.63, 3.8) is 0 Å². The van der Waals surface area contributed by atoms with Crippen LogP contribution >= 0.6 is 22.6 Å². The maximum atomic E-state index is 14.3. The molecule has 1 rings (SSSR count). The zero-order valence-corrected chi connectivity index (χ0v) is 14.0. The van der Waals surface area contributed by atoms with Crippen molar-refractivity contribution in [3.05, 3.63) is 27.1 Å². The predicted octanol–water partition coefficient (Wildman–Crippen LogP) is 3.70. The molecule has 1 aromatic rings. The van der Waals surface area contributed by atoms with Gasteiger partial charge in [-0.3, -0.25) is 4.79 Å². The predicted molar refractivity (Wildman–Crippen MR) is 82.1 cm³/mol. The van der Waals surface area contributed by atoms with Crippen LogP contribution in [0.1, 0.15) is 38.1 Å². The smallest absolute Gasteiger partial charge is 0.261 e. The van der Waals surface area contributed by atoms with Crippen LogP contribution in [0.5, 0.6) is 5.75 Å². The molecule has 0 radical (unpaired) electrons. The number of amides is 1. The van der Waals surface area contributed by atoms with Crippen LogP contribution in [0.3, 0.4) is 0 Å². The van der Waals surface area contributed by atoms with Gasteiger partial charge in [-0.2, -0.15) is 0 Å². The third kappa shape index (κ3) is 3.38. The van der Waals surface area contributed by atoms with Crippen molar-refractivity contribution >= 4 is 28.5 Å². The molecule has 0 unspecified atom stereocenters. The van der Waals surface area contributed by atoms with E-state index in [1.54, 1.807) is 17.0 Å². The molecule has 0 aromatic heterocycles. The number of methoxy groups -OCH3 is 1. The minimum Gasteiger partial charge on any atom is -0.496 e. The van der Waals surface area contributed by atoms with Crippen LogP contribution < -0.4 is 4.74 Å². The van der Waals surface area contributed by atoms with E-state index < -0.39 is 5.82 Å². The van der Waals surface area contributed by atoms with Crippen LogP contribution in [0.4, 0.5) is 4.39 Å². The van der Waals surface area contributed by atoms with Crippen LogP contribution in [0.25, 0.3) is 0 Å². The van der Waals surface area contributed by atoms with Gasteiger partial charge < -0.3 is 9.64 Å². The van der Waals surface area contributed by atoms with E-state index in [0.717, 1.165) is 0 Å². The highest BCUT2D eigenvalue weighted by molar-refractivity contribution is 14.1. The highest BCUT2D eigenvalue weighted by atomic mass is 127. The van der Waals surface area contributed by atoms with Crippen molar-refractivity contribution in [2.45, 2.75) is 39.8 Å². The Kier molecular flexibility index (Phi) is 5.58. The van der Waals surface area contributed by atoms with E-state index in [0.29, 0.717) is 3.57 Å². The normalized spacial score (nSPS) is 11.0. The summed E-state index contributed by atoms with van der Waals surface area (Å²) in [6.07, 6.45) is 0. The largest absolute Gasteiger partial charge is 0.496 e. The molecule has 19 heavy (non-hydrogen) atoms. The molecule has 0 bridgehead atoms. The zero-order valence-electron chi connectivity index (χ0n) is 11.8. The van der Waals surface area contributed by atoms with Crippen LogP contribution in [-0.2, 0) is 0 Å². The van der Waals surface area contributed by atoms with Gasteiger partial charge in [0, 0.05) is 15.7 Å². The maximum absolute atomic E-state index is 14.3. The van der Waals surface area contributed by atoms with Gasteiger partial charge in [-0.25, -0.2) is 4.39 Å². The summed E-state index contributed by atoms with van der Waals surface area (Å²) in [5.41, 5.74) is 0.0109. The lowest BCUT2D eigenvalue weighted by atomic mass is 10.1. The number of carbonyl (C=O) groups is 1. The Morgan fingerprint density at radius 1 is 1.26 bits per heavy atom. The van der Waals surface area contributed by atoms with Crippen LogP contribution in [0.2, 0.25) is 0 Å². The molecule has 0 saturated heterocycles. The van der Waals surface area contributed by atoms with Crippen LogP contribution in [0, 0.1) is 9.39 Å². The van der Waals surface area contributed by atoms with Gasteiger partial charge in [0.25, 0.3) is 5.91 Å². The van der Waals surface area contributed by atoms with Gasteiger partial charge >= 0.3 is 0 Å². The standard InChI is InChI=1S/C14H19FINO2/c1-8(2)17(9(3)4)14(18)12-11(19-5)7-6-10(16)13(12)15/h6-9H,1-5H3. The molecule has 0 aliphatic rings. The van der Waals surface area contributed by atoms with Gasteiger partial charge in [-0.1, -0.05) is 0 Å². The summed E-state index contributed by atoms with van der Waals surface area (Å²) in [4.78, 5) is 14.2. The Labute approximate surface area is 127 Å². The van der Waals surface area contributed by atoms with Crippen molar-refractivity contribution < 1.29 is 13.9 Å². The molecule has 0 aliphatic heterocycles. The fourth-order valence-corrected chi connectivity index (χ4v) is 2.55. The second-order valence-electron chi connectivity index (χ2n) is 4.84. The Bertz CT molecular complexity index is 467. The van der Waals surface area contributed by atoms with E-state index in [1.165, 1.54) is 7.11 Å². The SMILES string of the molecule is COc1ccc(I)c(F)c1C(=O)N(C(C)C)C(C)C. The van der Waals surface area contributed by atoms with E-state index >= 15 is 0 Å². The number of rotatable bonds is 4.